The molecule has 0 unspecified atom stereocenters. The van der Waals surface area contributed by atoms with Gasteiger partial charge in [-0.25, -0.2) is 9.90 Å². The largest absolute Gasteiger partial charge is 0.481 e. The molecule has 0 aromatic carbocycles. The lowest BCUT2D eigenvalue weighted by Crippen LogP contribution is -1.92. The number of rotatable bonds is 4. The Labute approximate surface area is 57.8 Å². The van der Waals surface area contributed by atoms with E-state index in [1.165, 1.54) is 6.08 Å². The van der Waals surface area contributed by atoms with Crippen LogP contribution in [0.4, 0.5) is 0 Å². The first kappa shape index (κ1) is 8.68. The topological polar surface area (TPSA) is 74.3 Å². The number of allylic oxidation sites excluding steroid dienone is 1. The third kappa shape index (κ3) is 6.68. The number of hydrogen-bond acceptors (Lipinski definition) is 2. The van der Waals surface area contributed by atoms with Crippen molar-refractivity contribution in [3.05, 3.63) is 12.2 Å². The van der Waals surface area contributed by atoms with Crippen LogP contribution in [-0.2, 0) is 14.7 Å². The highest BCUT2D eigenvalue weighted by molar-refractivity contribution is 5.79. The van der Waals surface area contributed by atoms with E-state index >= 15 is 0 Å². The Hall–Kier alpha value is -1.32. The molecule has 55 valence electrons. The number of carbonyl (C=O) groups excluding carboxylic acids is 1. The van der Waals surface area contributed by atoms with Crippen LogP contribution in [0.1, 0.15) is 12.8 Å². The molecule has 1 N–H and O–H groups in total. The maximum atomic E-state index is 9.85. The average Bonchev–Trinajstić information content (AvgIpc) is 1.79. The molecule has 0 saturated carbocycles. The highest BCUT2D eigenvalue weighted by Crippen LogP contribution is 1.89. The summed E-state index contributed by atoms with van der Waals surface area (Å²) in [5.41, 5.74) is 0. The number of hydrogen-bond donors (Lipinski definition) is 1. The average molecular weight is 143 g/mol. The van der Waals surface area contributed by atoms with Crippen molar-refractivity contribution in [2.24, 2.45) is 0 Å². The summed E-state index contributed by atoms with van der Waals surface area (Å²) in [5, 5.41) is 17.8. The second kappa shape index (κ2) is 4.55. The van der Waals surface area contributed by atoms with Crippen molar-refractivity contribution < 1.29 is 19.8 Å². The van der Waals surface area contributed by atoms with E-state index in [9.17, 15) is 14.7 Å². The first-order chi connectivity index (χ1) is 4.63. The zero-order valence-corrected chi connectivity index (χ0v) is 5.24. The lowest BCUT2D eigenvalue weighted by atomic mass is 10.3. The first-order valence-electron chi connectivity index (χ1n) is 2.72. The van der Waals surface area contributed by atoms with Crippen molar-refractivity contribution in [2.75, 3.05) is 0 Å². The quantitative estimate of drug-likeness (QED) is 0.577. The van der Waals surface area contributed by atoms with Gasteiger partial charge in [-0.15, -0.1) is 0 Å². The van der Waals surface area contributed by atoms with Crippen molar-refractivity contribution >= 4 is 11.9 Å². The van der Waals surface area contributed by atoms with E-state index in [1.807, 2.05) is 0 Å². The molecule has 0 aromatic rings. The summed E-state index contributed by atoms with van der Waals surface area (Å²) >= 11 is 0. The predicted octanol–water partition coefficient (Wildman–Crippen LogP) is 0.364. The predicted molar refractivity (Wildman–Crippen MR) is 31.7 cm³/mol. The number of aliphatic carboxylic acids is 1. The van der Waals surface area contributed by atoms with Crippen molar-refractivity contribution in [1.29, 1.82) is 0 Å². The second-order valence-corrected chi connectivity index (χ2v) is 1.65. The highest BCUT2D eigenvalue weighted by atomic mass is 16.4. The van der Waals surface area contributed by atoms with E-state index in [2.05, 4.69) is 0 Å². The van der Waals surface area contributed by atoms with E-state index in [0.717, 1.165) is 6.08 Å². The summed E-state index contributed by atoms with van der Waals surface area (Å²) in [5.74, 6) is -2.24. The Kier molecular flexibility index (Phi) is 3.95. The molecule has 0 bridgehead atoms. The van der Waals surface area contributed by atoms with Crippen LogP contribution in [0.3, 0.4) is 0 Å². The summed E-state index contributed by atoms with van der Waals surface area (Å²) in [4.78, 5) is 19.5. The molecule has 0 aromatic heterocycles. The third-order valence-corrected chi connectivity index (χ3v) is 0.779. The van der Waals surface area contributed by atoms with Gasteiger partial charge in [-0.3, -0.25) is 4.79 Å². The molecule has 0 rings (SSSR count). The number of carboxylic acids is 1. The van der Waals surface area contributed by atoms with Gasteiger partial charge in [0.1, 0.15) is 0 Å². The first-order valence-corrected chi connectivity index (χ1v) is 2.72. The van der Waals surface area contributed by atoms with Gasteiger partial charge >= 0.3 is 11.9 Å². The Morgan fingerprint density at radius 2 is 2.00 bits per heavy atom. The fraction of sp³-hybridized carbons (Fsp3) is 0.333. The molecule has 0 spiro atoms. The summed E-state index contributed by atoms with van der Waals surface area (Å²) in [7, 11) is 0. The van der Waals surface area contributed by atoms with E-state index in [-0.39, 0.29) is 12.8 Å². The lowest BCUT2D eigenvalue weighted by molar-refractivity contribution is -0.138. The molecule has 0 aliphatic heterocycles. The van der Waals surface area contributed by atoms with Crippen LogP contribution in [0.15, 0.2) is 12.2 Å². The van der Waals surface area contributed by atoms with Gasteiger partial charge in [0, 0.05) is 12.5 Å². The standard InChI is InChI=1S/C6H7O4/c7-5(8)3-1-2-4-6(9)10/h1,3H,2,4H2,(H,9,10). The highest BCUT2D eigenvalue weighted by Gasteiger charge is 1.93. The zero-order chi connectivity index (χ0) is 7.98. The second-order valence-electron chi connectivity index (χ2n) is 1.65. The van der Waals surface area contributed by atoms with Gasteiger partial charge < -0.3 is 5.11 Å². The molecule has 0 heterocycles. The van der Waals surface area contributed by atoms with E-state index in [0.29, 0.717) is 0 Å². The van der Waals surface area contributed by atoms with E-state index in [4.69, 9.17) is 5.11 Å². The van der Waals surface area contributed by atoms with Gasteiger partial charge in [0.05, 0.1) is 0 Å². The van der Waals surface area contributed by atoms with Crippen LogP contribution in [0.5, 0.6) is 0 Å². The molecule has 4 heteroatoms. The van der Waals surface area contributed by atoms with Crippen molar-refractivity contribution in [3.8, 4) is 0 Å². The van der Waals surface area contributed by atoms with Crippen molar-refractivity contribution in [2.45, 2.75) is 12.8 Å². The molecule has 1 radical (unpaired) electrons. The Balaban J connectivity index is 3.36. The normalized spacial score (nSPS) is 10.0. The van der Waals surface area contributed by atoms with Gasteiger partial charge in [-0.05, 0) is 6.42 Å². The molecule has 4 nitrogen and oxygen atoms in total. The number of carbonyl (C=O) groups is 2. The van der Waals surface area contributed by atoms with Gasteiger partial charge in [0.25, 0.3) is 0 Å². The summed E-state index contributed by atoms with van der Waals surface area (Å²) in [6, 6.07) is 0. The van der Waals surface area contributed by atoms with Gasteiger partial charge in [0.2, 0.25) is 0 Å². The minimum absolute atomic E-state index is 0.0518. The van der Waals surface area contributed by atoms with Crippen molar-refractivity contribution in [3.63, 3.8) is 0 Å². The Morgan fingerprint density at radius 3 is 2.40 bits per heavy atom. The smallest absolute Gasteiger partial charge is 0.378 e. The maximum absolute atomic E-state index is 9.85. The molecule has 0 saturated heterocycles. The zero-order valence-electron chi connectivity index (χ0n) is 5.24. The Morgan fingerprint density at radius 1 is 1.40 bits per heavy atom. The Bertz CT molecular complexity index is 159. The lowest BCUT2D eigenvalue weighted by Gasteiger charge is -1.83. The summed E-state index contributed by atoms with van der Waals surface area (Å²) in [6.45, 7) is 0. The van der Waals surface area contributed by atoms with Crippen LogP contribution in [0.2, 0.25) is 0 Å². The molecule has 0 atom stereocenters. The SMILES string of the molecule is [O]C(=O)C=CCCC(=O)O. The van der Waals surface area contributed by atoms with Crippen LogP contribution in [0.25, 0.3) is 0 Å². The number of carboxylic acid groups (broad SMARTS) is 1. The minimum Gasteiger partial charge on any atom is -0.481 e. The molecular weight excluding hydrogens is 136 g/mol. The monoisotopic (exact) mass is 143 g/mol. The maximum Gasteiger partial charge on any atom is 0.378 e. The molecular formula is C6H7O4. The van der Waals surface area contributed by atoms with E-state index in [1.54, 1.807) is 0 Å². The molecule has 0 aliphatic carbocycles. The van der Waals surface area contributed by atoms with Crippen LogP contribution >= 0.6 is 0 Å². The fourth-order valence-electron chi connectivity index (χ4n) is 0.386. The van der Waals surface area contributed by atoms with Gasteiger partial charge in [0.15, 0.2) is 0 Å². The minimum atomic E-state index is -1.30. The molecule has 0 amide bonds. The van der Waals surface area contributed by atoms with Crippen LogP contribution < -0.4 is 0 Å². The van der Waals surface area contributed by atoms with Gasteiger partial charge in [-0.2, -0.15) is 0 Å². The van der Waals surface area contributed by atoms with Crippen LogP contribution in [0, 0.1) is 0 Å². The molecule has 0 fully saturated rings. The summed E-state index contributed by atoms with van der Waals surface area (Å²) in [6.07, 6.45) is 2.25. The molecule has 0 aliphatic rings. The van der Waals surface area contributed by atoms with E-state index < -0.39 is 11.9 Å². The fourth-order valence-corrected chi connectivity index (χ4v) is 0.386. The molecule has 10 heavy (non-hydrogen) atoms. The van der Waals surface area contributed by atoms with Crippen molar-refractivity contribution in [1.82, 2.24) is 0 Å². The summed E-state index contributed by atoms with van der Waals surface area (Å²) < 4.78 is 0. The van der Waals surface area contributed by atoms with Crippen LogP contribution in [-0.4, -0.2) is 17.0 Å². The van der Waals surface area contributed by atoms with Gasteiger partial charge in [-0.1, -0.05) is 6.08 Å². The third-order valence-electron chi connectivity index (χ3n) is 0.779.